The van der Waals surface area contributed by atoms with Crippen molar-refractivity contribution in [3.05, 3.63) is 5.01 Å². The van der Waals surface area contributed by atoms with Gasteiger partial charge >= 0.3 is 0 Å². The zero-order chi connectivity index (χ0) is 13.0. The molecule has 5 nitrogen and oxygen atoms in total. The maximum Gasteiger partial charge on any atom is 0.291 e. The molecule has 1 aromatic rings. The molecule has 108 valence electrons. The first kappa shape index (κ1) is 16.2. The predicted molar refractivity (Wildman–Crippen MR) is 71.0 cm³/mol. The minimum absolute atomic E-state index is 0. The predicted octanol–water partition coefficient (Wildman–Crippen LogP) is 2.23. The lowest BCUT2D eigenvalue weighted by molar-refractivity contribution is -0.116. The van der Waals surface area contributed by atoms with Crippen molar-refractivity contribution in [2.24, 2.45) is 5.92 Å². The number of rotatable bonds is 5. The van der Waals surface area contributed by atoms with Gasteiger partial charge in [-0.3, -0.25) is 4.79 Å². The first-order chi connectivity index (χ1) is 8.65. The molecule has 0 aromatic carbocycles. The summed E-state index contributed by atoms with van der Waals surface area (Å²) in [5.74, 6) is 0.334. The largest absolute Gasteiger partial charge is 0.316 e. The van der Waals surface area contributed by atoms with Crippen molar-refractivity contribution in [2.45, 2.75) is 25.7 Å². The molecule has 1 amide bonds. The Morgan fingerprint density at radius 3 is 2.89 bits per heavy atom. The van der Waals surface area contributed by atoms with Gasteiger partial charge in [0.2, 0.25) is 11.0 Å². The summed E-state index contributed by atoms with van der Waals surface area (Å²) in [5.41, 5.74) is 0. The molecule has 0 spiro atoms. The summed E-state index contributed by atoms with van der Waals surface area (Å²) in [6, 6.07) is 0. The van der Waals surface area contributed by atoms with Crippen LogP contribution in [0.3, 0.4) is 0 Å². The van der Waals surface area contributed by atoms with E-state index in [1.807, 2.05) is 0 Å². The number of halogens is 3. The fourth-order valence-corrected chi connectivity index (χ4v) is 2.47. The average Bonchev–Trinajstić information content (AvgIpc) is 2.96. The number of anilines is 1. The number of aromatic nitrogens is 2. The van der Waals surface area contributed by atoms with Crippen LogP contribution >= 0.6 is 23.7 Å². The number of amides is 1. The highest BCUT2D eigenvalue weighted by Gasteiger charge is 2.18. The Morgan fingerprint density at radius 2 is 2.32 bits per heavy atom. The van der Waals surface area contributed by atoms with Crippen molar-refractivity contribution < 1.29 is 13.6 Å². The quantitative estimate of drug-likeness (QED) is 0.875. The summed E-state index contributed by atoms with van der Waals surface area (Å²) in [4.78, 5) is 11.6. The molecule has 1 aliphatic rings. The molecule has 2 rings (SSSR count). The zero-order valence-electron chi connectivity index (χ0n) is 10.1. The van der Waals surface area contributed by atoms with Crippen molar-refractivity contribution in [1.82, 2.24) is 15.5 Å². The summed E-state index contributed by atoms with van der Waals surface area (Å²) in [6.45, 7) is 1.95. The molecule has 19 heavy (non-hydrogen) atoms. The van der Waals surface area contributed by atoms with Gasteiger partial charge in [0.25, 0.3) is 6.43 Å². The van der Waals surface area contributed by atoms with Gasteiger partial charge in [-0.1, -0.05) is 11.3 Å². The number of hydrogen-bond acceptors (Lipinski definition) is 5. The summed E-state index contributed by atoms with van der Waals surface area (Å²) in [5, 5.41) is 12.3. The fraction of sp³-hybridized carbons (Fsp3) is 0.700. The molecule has 1 saturated heterocycles. The second kappa shape index (κ2) is 7.66. The van der Waals surface area contributed by atoms with Crippen molar-refractivity contribution in [1.29, 1.82) is 0 Å². The number of hydrogen-bond donors (Lipinski definition) is 2. The number of alkyl halides is 2. The third-order valence-electron chi connectivity index (χ3n) is 2.82. The van der Waals surface area contributed by atoms with E-state index < -0.39 is 6.43 Å². The second-order valence-corrected chi connectivity index (χ2v) is 5.20. The van der Waals surface area contributed by atoms with Crippen LogP contribution in [0.4, 0.5) is 13.9 Å². The highest BCUT2D eigenvalue weighted by molar-refractivity contribution is 7.15. The maximum atomic E-state index is 12.3. The molecular formula is C10H15ClF2N4OS. The van der Waals surface area contributed by atoms with E-state index in [-0.39, 0.29) is 28.5 Å². The van der Waals surface area contributed by atoms with Gasteiger partial charge in [-0.25, -0.2) is 8.78 Å². The van der Waals surface area contributed by atoms with E-state index in [2.05, 4.69) is 20.8 Å². The van der Waals surface area contributed by atoms with E-state index in [0.717, 1.165) is 25.9 Å². The third kappa shape index (κ3) is 4.96. The van der Waals surface area contributed by atoms with Gasteiger partial charge in [0.1, 0.15) is 0 Å². The maximum absolute atomic E-state index is 12.3. The molecule has 0 saturated carbocycles. The highest BCUT2D eigenvalue weighted by atomic mass is 35.5. The van der Waals surface area contributed by atoms with Crippen LogP contribution < -0.4 is 10.6 Å². The van der Waals surface area contributed by atoms with Gasteiger partial charge in [0.05, 0.1) is 0 Å². The van der Waals surface area contributed by atoms with E-state index in [1.165, 1.54) is 0 Å². The SMILES string of the molecule is Cl.O=C(CCC1CCNC1)Nc1nnc(C(F)F)s1. The lowest BCUT2D eigenvalue weighted by Gasteiger charge is -2.06. The Hall–Kier alpha value is -0.860. The Labute approximate surface area is 119 Å². The monoisotopic (exact) mass is 312 g/mol. The summed E-state index contributed by atoms with van der Waals surface area (Å²) in [7, 11) is 0. The Kier molecular flexibility index (Phi) is 6.53. The van der Waals surface area contributed by atoms with Crippen LogP contribution in [0.2, 0.25) is 0 Å². The minimum Gasteiger partial charge on any atom is -0.316 e. The van der Waals surface area contributed by atoms with Crippen LogP contribution in [-0.4, -0.2) is 29.2 Å². The molecule has 0 radical (unpaired) electrons. The van der Waals surface area contributed by atoms with E-state index in [9.17, 15) is 13.6 Å². The minimum atomic E-state index is -2.64. The topological polar surface area (TPSA) is 66.9 Å². The number of nitrogens with zero attached hydrogens (tertiary/aromatic N) is 2. The van der Waals surface area contributed by atoms with Crippen LogP contribution in [0.15, 0.2) is 0 Å². The Morgan fingerprint density at radius 1 is 1.53 bits per heavy atom. The van der Waals surface area contributed by atoms with Crippen molar-refractivity contribution in [3.63, 3.8) is 0 Å². The van der Waals surface area contributed by atoms with E-state index >= 15 is 0 Å². The summed E-state index contributed by atoms with van der Waals surface area (Å²) >= 11 is 0.711. The third-order valence-corrected chi connectivity index (χ3v) is 3.66. The van der Waals surface area contributed by atoms with Gasteiger partial charge in [0.15, 0.2) is 5.01 Å². The summed E-state index contributed by atoms with van der Waals surface area (Å²) < 4.78 is 24.5. The lowest BCUT2D eigenvalue weighted by Crippen LogP contribution is -2.14. The van der Waals surface area contributed by atoms with Crippen molar-refractivity contribution in [3.8, 4) is 0 Å². The van der Waals surface area contributed by atoms with Crippen LogP contribution in [-0.2, 0) is 4.79 Å². The summed E-state index contributed by atoms with van der Waals surface area (Å²) in [6.07, 6.45) is -0.366. The van der Waals surface area contributed by atoms with Crippen LogP contribution in [0.25, 0.3) is 0 Å². The molecule has 1 aromatic heterocycles. The van der Waals surface area contributed by atoms with Gasteiger partial charge in [-0.2, -0.15) is 0 Å². The zero-order valence-corrected chi connectivity index (χ0v) is 11.7. The fourth-order valence-electron chi connectivity index (χ4n) is 1.85. The molecule has 1 aliphatic heterocycles. The van der Waals surface area contributed by atoms with Gasteiger partial charge in [0, 0.05) is 6.42 Å². The molecule has 1 unspecified atom stereocenters. The van der Waals surface area contributed by atoms with Crippen LogP contribution in [0.5, 0.6) is 0 Å². The van der Waals surface area contributed by atoms with Crippen LogP contribution in [0.1, 0.15) is 30.7 Å². The molecule has 2 N–H and O–H groups in total. The molecule has 1 fully saturated rings. The highest BCUT2D eigenvalue weighted by Crippen LogP contribution is 2.25. The molecular weight excluding hydrogens is 298 g/mol. The number of carbonyl (C=O) groups is 1. The molecule has 9 heteroatoms. The van der Waals surface area contributed by atoms with Crippen LogP contribution in [0, 0.1) is 5.92 Å². The Balaban J connectivity index is 0.00000180. The molecule has 0 bridgehead atoms. The first-order valence-corrected chi connectivity index (χ1v) is 6.59. The number of nitrogens with one attached hydrogen (secondary N) is 2. The average molecular weight is 313 g/mol. The Bertz CT molecular complexity index is 412. The first-order valence-electron chi connectivity index (χ1n) is 5.77. The number of carbonyl (C=O) groups excluding carboxylic acids is 1. The van der Waals surface area contributed by atoms with Crippen molar-refractivity contribution >= 4 is 34.8 Å². The van der Waals surface area contributed by atoms with Gasteiger partial charge < -0.3 is 10.6 Å². The van der Waals surface area contributed by atoms with E-state index in [1.54, 1.807) is 0 Å². The van der Waals surface area contributed by atoms with Gasteiger partial charge in [-0.05, 0) is 31.8 Å². The van der Waals surface area contributed by atoms with E-state index in [4.69, 9.17) is 0 Å². The smallest absolute Gasteiger partial charge is 0.291 e. The molecule has 2 heterocycles. The van der Waals surface area contributed by atoms with E-state index in [0.29, 0.717) is 23.7 Å². The second-order valence-electron chi connectivity index (χ2n) is 4.19. The van der Waals surface area contributed by atoms with Crippen molar-refractivity contribution in [2.75, 3.05) is 18.4 Å². The molecule has 0 aliphatic carbocycles. The lowest BCUT2D eigenvalue weighted by atomic mass is 10.0. The van der Waals surface area contributed by atoms with Gasteiger partial charge in [-0.15, -0.1) is 22.6 Å². The molecule has 1 atom stereocenters. The standard InChI is InChI=1S/C10H14F2N4OS.ClH/c11-8(12)9-15-16-10(18-9)14-7(17)2-1-6-3-4-13-5-6;/h6,8,13H,1-5H2,(H,14,16,17);1H. The normalized spacial score (nSPS) is 18.4.